The van der Waals surface area contributed by atoms with Crippen LogP contribution in [0.15, 0.2) is 48.5 Å². The second-order valence-electron chi connectivity index (χ2n) is 3.89. The molecule has 0 spiro atoms. The summed E-state index contributed by atoms with van der Waals surface area (Å²) < 4.78 is 0. The van der Waals surface area contributed by atoms with Gasteiger partial charge in [-0.3, -0.25) is 0 Å². The van der Waals surface area contributed by atoms with Crippen LogP contribution in [-0.2, 0) is 45.6 Å². The van der Waals surface area contributed by atoms with Crippen LogP contribution in [0.5, 0.6) is 0 Å². The third-order valence-electron chi connectivity index (χ3n) is 3.00. The summed E-state index contributed by atoms with van der Waals surface area (Å²) in [7, 11) is 0. The van der Waals surface area contributed by atoms with Crippen molar-refractivity contribution in [3.8, 4) is 0 Å². The second kappa shape index (κ2) is 14.5. The third kappa shape index (κ3) is 6.89. The summed E-state index contributed by atoms with van der Waals surface area (Å²) in [5.74, 6) is 0. The molecule has 0 amide bonds. The smallest absolute Gasteiger partial charge is 0 e. The summed E-state index contributed by atoms with van der Waals surface area (Å²) in [6, 6.07) is 17.5. The van der Waals surface area contributed by atoms with E-state index in [1.165, 1.54) is 22.3 Å². The SMILES string of the molecule is C.C.CC.CC.[Y].c1ccc2c(c1)Cc1ccccc1C2. The van der Waals surface area contributed by atoms with Gasteiger partial charge in [0.15, 0.2) is 0 Å². The Morgan fingerprint density at radius 2 is 0.714 bits per heavy atom. The first-order chi connectivity index (χ1) is 8.93. The van der Waals surface area contributed by atoms with E-state index < -0.39 is 0 Å². The van der Waals surface area contributed by atoms with Gasteiger partial charge < -0.3 is 0 Å². The molecule has 3 rings (SSSR count). The van der Waals surface area contributed by atoms with Crippen molar-refractivity contribution in [2.45, 2.75) is 55.4 Å². The minimum atomic E-state index is 0. The van der Waals surface area contributed by atoms with Gasteiger partial charge in [-0.1, -0.05) is 91.1 Å². The minimum absolute atomic E-state index is 0. The van der Waals surface area contributed by atoms with E-state index in [0.29, 0.717) is 0 Å². The Morgan fingerprint density at radius 3 is 0.905 bits per heavy atom. The molecule has 0 bridgehead atoms. The fraction of sp³-hybridized carbons (Fsp3) is 0.400. The zero-order valence-corrected chi connectivity index (χ0v) is 15.4. The van der Waals surface area contributed by atoms with Gasteiger partial charge >= 0.3 is 0 Å². The molecule has 0 heterocycles. The molecular formula is C20H32Y. The fourth-order valence-corrected chi connectivity index (χ4v) is 2.22. The van der Waals surface area contributed by atoms with Gasteiger partial charge in [0.25, 0.3) is 0 Å². The summed E-state index contributed by atoms with van der Waals surface area (Å²) >= 11 is 0. The molecule has 0 aliphatic heterocycles. The second-order valence-corrected chi connectivity index (χ2v) is 3.89. The molecule has 2 aromatic rings. The number of rotatable bonds is 0. The standard InChI is InChI=1S/C14H12.2C2H6.2CH4.Y/c1-2-6-12-10-14-8-4-3-7-13(14)9-11(12)5-1;2*1-2;;;/h1-8H,9-10H2;2*1-2H3;2*1H4;. The molecular weight excluding hydrogens is 329 g/mol. The quantitative estimate of drug-likeness (QED) is 0.428. The van der Waals surface area contributed by atoms with Crippen molar-refractivity contribution < 1.29 is 32.7 Å². The topological polar surface area (TPSA) is 0 Å². The average molecular weight is 361 g/mol. The van der Waals surface area contributed by atoms with Crippen molar-refractivity contribution in [1.82, 2.24) is 0 Å². The van der Waals surface area contributed by atoms with Gasteiger partial charge in [-0.15, -0.1) is 0 Å². The molecule has 1 aliphatic rings. The maximum atomic E-state index is 2.24. The maximum Gasteiger partial charge on any atom is 0 e. The van der Waals surface area contributed by atoms with Gasteiger partial charge in [-0.25, -0.2) is 0 Å². The van der Waals surface area contributed by atoms with Gasteiger partial charge in [-0.2, -0.15) is 0 Å². The van der Waals surface area contributed by atoms with E-state index in [9.17, 15) is 0 Å². The molecule has 0 saturated carbocycles. The van der Waals surface area contributed by atoms with Crippen molar-refractivity contribution in [1.29, 1.82) is 0 Å². The largest absolute Gasteiger partial charge is 0.0776 e. The van der Waals surface area contributed by atoms with Crippen LogP contribution in [0.1, 0.15) is 64.8 Å². The van der Waals surface area contributed by atoms with Crippen LogP contribution in [-0.4, -0.2) is 0 Å². The molecule has 0 atom stereocenters. The molecule has 0 N–H and O–H groups in total. The van der Waals surface area contributed by atoms with Gasteiger partial charge in [0, 0.05) is 32.7 Å². The first-order valence-corrected chi connectivity index (χ1v) is 7.07. The zero-order chi connectivity index (χ0) is 13.4. The van der Waals surface area contributed by atoms with Crippen molar-refractivity contribution >= 4 is 0 Å². The Hall–Kier alpha value is -0.456. The van der Waals surface area contributed by atoms with E-state index in [2.05, 4.69) is 48.5 Å². The van der Waals surface area contributed by atoms with Crippen LogP contribution in [0.4, 0.5) is 0 Å². The minimum Gasteiger partial charge on any atom is -0.0776 e. The van der Waals surface area contributed by atoms with Crippen molar-refractivity contribution in [3.05, 3.63) is 70.8 Å². The Balaban J connectivity index is -0.000000430. The summed E-state index contributed by atoms with van der Waals surface area (Å²) in [6.07, 6.45) is 2.21. The van der Waals surface area contributed by atoms with Gasteiger partial charge in [0.2, 0.25) is 0 Å². The summed E-state index contributed by atoms with van der Waals surface area (Å²) in [4.78, 5) is 0. The Labute approximate surface area is 158 Å². The molecule has 0 nitrogen and oxygen atoms in total. The predicted octanol–water partition coefficient (Wildman–Crippen LogP) is 6.50. The first kappa shape index (κ1) is 25.5. The number of hydrogen-bond acceptors (Lipinski definition) is 0. The molecule has 1 radical (unpaired) electrons. The van der Waals surface area contributed by atoms with Crippen LogP contribution in [0.3, 0.4) is 0 Å². The van der Waals surface area contributed by atoms with Crippen molar-refractivity contribution in [2.24, 2.45) is 0 Å². The summed E-state index contributed by atoms with van der Waals surface area (Å²) in [5.41, 5.74) is 5.97. The monoisotopic (exact) mass is 361 g/mol. The van der Waals surface area contributed by atoms with Crippen LogP contribution in [0, 0.1) is 0 Å². The molecule has 2 aromatic carbocycles. The van der Waals surface area contributed by atoms with Gasteiger partial charge in [0.1, 0.15) is 0 Å². The molecule has 0 aromatic heterocycles. The molecule has 0 fully saturated rings. The van der Waals surface area contributed by atoms with Gasteiger partial charge in [0.05, 0.1) is 0 Å². The van der Waals surface area contributed by atoms with Crippen LogP contribution in [0.25, 0.3) is 0 Å². The first-order valence-electron chi connectivity index (χ1n) is 7.07. The average Bonchev–Trinajstić information content (AvgIpc) is 2.49. The number of benzene rings is 2. The Morgan fingerprint density at radius 1 is 0.524 bits per heavy atom. The van der Waals surface area contributed by atoms with Crippen molar-refractivity contribution in [3.63, 3.8) is 0 Å². The van der Waals surface area contributed by atoms with E-state index in [4.69, 9.17) is 0 Å². The number of hydrogen-bond donors (Lipinski definition) is 0. The normalized spacial score (nSPS) is 9.33. The van der Waals surface area contributed by atoms with Gasteiger partial charge in [-0.05, 0) is 35.1 Å². The van der Waals surface area contributed by atoms with Crippen LogP contribution < -0.4 is 0 Å². The number of fused-ring (bicyclic) bond motifs is 2. The zero-order valence-electron chi connectivity index (χ0n) is 12.6. The Bertz CT molecular complexity index is 387. The van der Waals surface area contributed by atoms with E-state index in [1.54, 1.807) is 0 Å². The van der Waals surface area contributed by atoms with E-state index in [1.807, 2.05) is 27.7 Å². The molecule has 0 unspecified atom stereocenters. The predicted molar refractivity (Wildman–Crippen MR) is 94.7 cm³/mol. The molecule has 115 valence electrons. The van der Waals surface area contributed by atoms with E-state index in [-0.39, 0.29) is 47.6 Å². The third-order valence-corrected chi connectivity index (χ3v) is 3.00. The van der Waals surface area contributed by atoms with E-state index in [0.717, 1.165) is 12.8 Å². The fourth-order valence-electron chi connectivity index (χ4n) is 2.22. The van der Waals surface area contributed by atoms with Crippen LogP contribution in [0.2, 0.25) is 0 Å². The summed E-state index contributed by atoms with van der Waals surface area (Å²) in [5, 5.41) is 0. The maximum absolute atomic E-state index is 2.24. The van der Waals surface area contributed by atoms with Crippen LogP contribution >= 0.6 is 0 Å². The Kier molecular flexibility index (Phi) is 17.6. The molecule has 1 aliphatic carbocycles. The molecule has 0 saturated heterocycles. The summed E-state index contributed by atoms with van der Waals surface area (Å²) in [6.45, 7) is 8.00. The van der Waals surface area contributed by atoms with Crippen molar-refractivity contribution in [2.75, 3.05) is 0 Å². The molecule has 1 heteroatoms. The molecule has 21 heavy (non-hydrogen) atoms. The van der Waals surface area contributed by atoms with E-state index >= 15 is 0 Å².